The maximum Gasteiger partial charge on any atom is 0.0736 e. The zero-order valence-electron chi connectivity index (χ0n) is 44.7. The van der Waals surface area contributed by atoms with Gasteiger partial charge in [-0.25, -0.2) is 0 Å². The summed E-state index contributed by atoms with van der Waals surface area (Å²) in [6.07, 6.45) is 0. The van der Waals surface area contributed by atoms with E-state index < -0.39 is 0 Å². The molecule has 0 fully saturated rings. The Morgan fingerprint density at radius 3 is 0.884 bits per heavy atom. The van der Waals surface area contributed by atoms with Crippen LogP contribution in [0.4, 0.5) is 0 Å². The molecule has 0 radical (unpaired) electrons. The second-order valence-electron chi connectivity index (χ2n) is 21.9. The van der Waals surface area contributed by atoms with Crippen LogP contribution in [0.3, 0.4) is 0 Å². The summed E-state index contributed by atoms with van der Waals surface area (Å²) >= 11 is 1.85. The van der Waals surface area contributed by atoms with Crippen LogP contribution >= 0.6 is 11.3 Å². The smallest absolute Gasteiger partial charge is 0.0736 e. The van der Waals surface area contributed by atoms with E-state index in [1.54, 1.807) is 14.2 Å². The molecule has 0 N–H and O–H groups in total. The molecule has 1 heterocycles. The Morgan fingerprint density at radius 1 is 0.319 bits per heavy atom. The summed E-state index contributed by atoms with van der Waals surface area (Å²) in [4.78, 5) is 2.36. The zero-order valence-corrected chi connectivity index (χ0v) is 45.5. The molecule has 378 valence electrons. The van der Waals surface area contributed by atoms with Gasteiger partial charge < -0.3 is 37.9 Å². The van der Waals surface area contributed by atoms with Crippen LogP contribution in [0.2, 0.25) is 0 Å². The molecule has 0 aliphatic carbocycles. The van der Waals surface area contributed by atoms with E-state index in [1.165, 1.54) is 65.4 Å². The largest absolute Gasteiger partial charge is 0.382 e. The van der Waals surface area contributed by atoms with Crippen LogP contribution in [-0.4, -0.2) is 93.5 Å². The molecule has 0 saturated heterocycles. The van der Waals surface area contributed by atoms with Crippen LogP contribution in [-0.2, 0) is 72.8 Å². The van der Waals surface area contributed by atoms with Gasteiger partial charge in [0.25, 0.3) is 0 Å². The van der Waals surface area contributed by atoms with Gasteiger partial charge in [-0.05, 0) is 78.3 Å². The normalized spacial score (nSPS) is 12.6. The summed E-state index contributed by atoms with van der Waals surface area (Å²) in [5.74, 6) is 0. The third-order valence-corrected chi connectivity index (χ3v) is 13.7. The first-order valence-corrected chi connectivity index (χ1v) is 25.7. The minimum absolute atomic E-state index is 0.0372. The Balaban J connectivity index is 1.70. The SMILES string of the molecule is COCCOCCOCCOCc1c(-c2cc(C(C)(C)C)ccc2-c2ccc(C(C)(C)C)cc2)sc(-c2cc(C(C)(C)C)ccc2-c2ccc(C(C)(C)C)cc2)c1COCCOCCOCCOC. The molecule has 0 bridgehead atoms. The predicted octanol–water partition coefficient (Wildman–Crippen LogP) is 14.0. The summed E-state index contributed by atoms with van der Waals surface area (Å²) < 4.78 is 46.8. The number of benzene rings is 4. The third-order valence-electron chi connectivity index (χ3n) is 12.3. The molecular weight excluding hydrogens is 881 g/mol. The number of hydrogen-bond acceptors (Lipinski definition) is 9. The highest BCUT2D eigenvalue weighted by Crippen LogP contribution is 2.50. The lowest BCUT2D eigenvalue weighted by atomic mass is 9.82. The van der Waals surface area contributed by atoms with Crippen LogP contribution in [0.15, 0.2) is 84.9 Å². The van der Waals surface area contributed by atoms with Crippen molar-refractivity contribution in [2.45, 2.75) is 118 Å². The van der Waals surface area contributed by atoms with Crippen molar-refractivity contribution < 1.29 is 37.9 Å². The lowest BCUT2D eigenvalue weighted by molar-refractivity contribution is -0.00150. The minimum atomic E-state index is -0.0844. The molecule has 0 aliphatic rings. The second kappa shape index (κ2) is 26.1. The van der Waals surface area contributed by atoms with Crippen LogP contribution in [0.1, 0.15) is 116 Å². The average molecular weight is 965 g/mol. The molecule has 0 amide bonds. The van der Waals surface area contributed by atoms with Crippen LogP contribution in [0.25, 0.3) is 43.1 Å². The van der Waals surface area contributed by atoms with E-state index >= 15 is 0 Å². The maximum absolute atomic E-state index is 6.67. The van der Waals surface area contributed by atoms with E-state index in [4.69, 9.17) is 37.9 Å². The Hall–Kier alpha value is -3.74. The molecule has 9 heteroatoms. The van der Waals surface area contributed by atoms with Gasteiger partial charge in [-0.3, -0.25) is 0 Å². The third kappa shape index (κ3) is 16.7. The fourth-order valence-corrected chi connectivity index (χ4v) is 9.33. The van der Waals surface area contributed by atoms with Crippen molar-refractivity contribution in [3.05, 3.63) is 118 Å². The lowest BCUT2D eigenvalue weighted by Gasteiger charge is -2.23. The Labute approximate surface area is 420 Å². The van der Waals surface area contributed by atoms with Crippen molar-refractivity contribution in [3.63, 3.8) is 0 Å². The van der Waals surface area contributed by atoms with Crippen molar-refractivity contribution >= 4 is 11.3 Å². The van der Waals surface area contributed by atoms with Crippen molar-refractivity contribution in [3.8, 4) is 43.1 Å². The Bertz CT molecular complexity index is 2140. The quantitative estimate of drug-likeness (QED) is 0.0508. The van der Waals surface area contributed by atoms with Crippen LogP contribution in [0.5, 0.6) is 0 Å². The van der Waals surface area contributed by atoms with E-state index in [2.05, 4.69) is 168 Å². The zero-order chi connectivity index (χ0) is 50.2. The van der Waals surface area contributed by atoms with Gasteiger partial charge in [-0.2, -0.15) is 0 Å². The number of methoxy groups -OCH3 is 2. The Morgan fingerprint density at radius 2 is 0.594 bits per heavy atom. The van der Waals surface area contributed by atoms with E-state index in [0.717, 1.165) is 11.1 Å². The topological polar surface area (TPSA) is 73.8 Å². The van der Waals surface area contributed by atoms with Gasteiger partial charge in [0.05, 0.1) is 92.5 Å². The van der Waals surface area contributed by atoms with Gasteiger partial charge >= 0.3 is 0 Å². The van der Waals surface area contributed by atoms with E-state index in [9.17, 15) is 0 Å². The molecule has 1 aromatic heterocycles. The van der Waals surface area contributed by atoms with Crippen molar-refractivity contribution in [1.82, 2.24) is 0 Å². The monoisotopic (exact) mass is 965 g/mol. The average Bonchev–Trinajstić information content (AvgIpc) is 3.66. The first-order chi connectivity index (χ1) is 32.7. The van der Waals surface area contributed by atoms with Crippen LogP contribution in [0, 0.1) is 0 Å². The molecule has 69 heavy (non-hydrogen) atoms. The summed E-state index contributed by atoms with van der Waals surface area (Å²) in [7, 11) is 3.35. The molecule has 0 aliphatic heterocycles. The van der Waals surface area contributed by atoms with Gasteiger partial charge in [0, 0.05) is 46.2 Å². The fraction of sp³-hybridized carbons (Fsp3) is 0.533. The number of thiophene rings is 1. The first kappa shape index (κ1) is 56.2. The van der Waals surface area contributed by atoms with Crippen molar-refractivity contribution in [1.29, 1.82) is 0 Å². The Kier molecular flexibility index (Phi) is 21.3. The van der Waals surface area contributed by atoms with Gasteiger partial charge in [0.2, 0.25) is 0 Å². The fourth-order valence-electron chi connectivity index (χ4n) is 7.95. The van der Waals surface area contributed by atoms with Gasteiger partial charge in [0.1, 0.15) is 0 Å². The summed E-state index contributed by atoms with van der Waals surface area (Å²) in [5.41, 5.74) is 14.4. The standard InChI is InChI=1S/C60H84O8S/c1-57(2,3)45-19-15-43(16-20-45)49-25-23-47(59(7,8)9)39-51(49)55-53(41-67-37-35-65-33-31-63-29-27-61-13)54(42-68-38-36-66-34-32-64-30-28-62-14)56(69-55)52-40-48(60(10,11)12)24-26-50(52)44-17-21-46(22-18-44)58(4,5)6/h15-26,39-40H,27-38,41-42H2,1-14H3. The van der Waals surface area contributed by atoms with Gasteiger partial charge in [0.15, 0.2) is 0 Å². The number of rotatable bonds is 26. The summed E-state index contributed by atoms with van der Waals surface area (Å²) in [5, 5.41) is 0. The van der Waals surface area contributed by atoms with Crippen molar-refractivity contribution in [2.75, 3.05) is 93.5 Å². The van der Waals surface area contributed by atoms with Crippen LogP contribution < -0.4 is 0 Å². The van der Waals surface area contributed by atoms with Crippen molar-refractivity contribution in [2.24, 2.45) is 0 Å². The minimum Gasteiger partial charge on any atom is -0.382 e. The molecule has 0 atom stereocenters. The van der Waals surface area contributed by atoms with Gasteiger partial charge in [-0.15, -0.1) is 11.3 Å². The highest BCUT2D eigenvalue weighted by Gasteiger charge is 2.28. The molecule has 4 aromatic carbocycles. The first-order valence-electron chi connectivity index (χ1n) is 24.8. The lowest BCUT2D eigenvalue weighted by Crippen LogP contribution is -2.13. The predicted molar refractivity (Wildman–Crippen MR) is 287 cm³/mol. The molecule has 8 nitrogen and oxygen atoms in total. The molecule has 0 saturated carbocycles. The van der Waals surface area contributed by atoms with E-state index in [1.807, 2.05) is 11.3 Å². The van der Waals surface area contributed by atoms with E-state index in [0.29, 0.717) is 92.5 Å². The molecular formula is C60H84O8S. The second-order valence-corrected chi connectivity index (χ2v) is 23.0. The highest BCUT2D eigenvalue weighted by atomic mass is 32.1. The molecule has 0 spiro atoms. The summed E-state index contributed by atoms with van der Waals surface area (Å²) in [6, 6.07) is 32.4. The maximum atomic E-state index is 6.67. The molecule has 0 unspecified atom stereocenters. The highest BCUT2D eigenvalue weighted by molar-refractivity contribution is 7.19. The number of hydrogen-bond donors (Lipinski definition) is 0. The van der Waals surface area contributed by atoms with Gasteiger partial charge in [-0.1, -0.05) is 156 Å². The number of ether oxygens (including phenoxy) is 8. The van der Waals surface area contributed by atoms with E-state index in [-0.39, 0.29) is 21.7 Å². The molecule has 5 rings (SSSR count). The summed E-state index contributed by atoms with van der Waals surface area (Å²) in [6.45, 7) is 34.1. The molecule has 5 aromatic rings.